The zero-order chi connectivity index (χ0) is 16.1. The molecule has 0 aliphatic heterocycles. The van der Waals surface area contributed by atoms with Gasteiger partial charge < -0.3 is 4.74 Å². The van der Waals surface area contributed by atoms with Crippen molar-refractivity contribution in [1.82, 2.24) is 9.78 Å². The fourth-order valence-corrected chi connectivity index (χ4v) is 2.09. The maximum atomic E-state index is 12.2. The lowest BCUT2D eigenvalue weighted by Gasteiger charge is -2.03. The van der Waals surface area contributed by atoms with Gasteiger partial charge in [0.2, 0.25) is 0 Å². The molecular formula is C18H15N3O2. The molecule has 0 atom stereocenters. The van der Waals surface area contributed by atoms with Gasteiger partial charge in [0.1, 0.15) is 5.75 Å². The third-order valence-electron chi connectivity index (χ3n) is 3.27. The number of para-hydroxylation sites is 1. The van der Waals surface area contributed by atoms with Crippen molar-refractivity contribution in [3.8, 4) is 11.4 Å². The van der Waals surface area contributed by atoms with E-state index in [1.807, 2.05) is 30.3 Å². The second kappa shape index (κ2) is 6.70. The molecule has 0 N–H and O–H groups in total. The van der Waals surface area contributed by atoms with Gasteiger partial charge in [-0.25, -0.2) is 9.67 Å². The Morgan fingerprint density at radius 3 is 2.61 bits per heavy atom. The molecule has 3 aromatic rings. The molecule has 114 valence electrons. The van der Waals surface area contributed by atoms with Crippen LogP contribution in [0.1, 0.15) is 10.4 Å². The number of methoxy groups -OCH3 is 1. The first-order valence-corrected chi connectivity index (χ1v) is 7.10. The minimum Gasteiger partial charge on any atom is -0.497 e. The molecule has 0 bridgehead atoms. The third kappa shape index (κ3) is 3.52. The van der Waals surface area contributed by atoms with Gasteiger partial charge in [-0.1, -0.05) is 24.3 Å². The van der Waals surface area contributed by atoms with E-state index in [-0.39, 0.29) is 5.91 Å². The van der Waals surface area contributed by atoms with Gasteiger partial charge in [-0.05, 0) is 36.4 Å². The molecule has 5 nitrogen and oxygen atoms in total. The van der Waals surface area contributed by atoms with Gasteiger partial charge in [-0.15, -0.1) is 0 Å². The lowest BCUT2D eigenvalue weighted by atomic mass is 10.2. The molecule has 5 heteroatoms. The Morgan fingerprint density at radius 1 is 1.09 bits per heavy atom. The fourth-order valence-electron chi connectivity index (χ4n) is 2.09. The highest BCUT2D eigenvalue weighted by molar-refractivity contribution is 5.95. The highest BCUT2D eigenvalue weighted by Gasteiger charge is 2.04. The lowest BCUT2D eigenvalue weighted by Crippen LogP contribution is -2.11. The topological polar surface area (TPSA) is 56.5 Å². The van der Waals surface area contributed by atoms with Crippen molar-refractivity contribution in [2.75, 3.05) is 7.11 Å². The molecule has 0 aliphatic carbocycles. The summed E-state index contributed by atoms with van der Waals surface area (Å²) in [4.78, 5) is 16.2. The molecule has 0 radical (unpaired) electrons. The van der Waals surface area contributed by atoms with Crippen molar-refractivity contribution in [3.05, 3.63) is 84.0 Å². The van der Waals surface area contributed by atoms with Gasteiger partial charge in [-0.2, -0.15) is 5.10 Å². The van der Waals surface area contributed by atoms with Gasteiger partial charge in [-0.3, -0.25) is 4.79 Å². The summed E-state index contributed by atoms with van der Waals surface area (Å²) in [6, 6.07) is 18.4. The summed E-state index contributed by atoms with van der Waals surface area (Å²) >= 11 is 0. The number of hydrogen-bond acceptors (Lipinski definition) is 3. The fraction of sp³-hybridized carbons (Fsp3) is 0.0556. The minimum absolute atomic E-state index is 0.330. The summed E-state index contributed by atoms with van der Waals surface area (Å²) in [5.41, 5.74) is 1.42. The summed E-state index contributed by atoms with van der Waals surface area (Å²) in [5.74, 6) is 0.294. The van der Waals surface area contributed by atoms with Crippen LogP contribution in [0, 0.1) is 0 Å². The van der Waals surface area contributed by atoms with E-state index in [9.17, 15) is 4.79 Å². The van der Waals surface area contributed by atoms with Crippen LogP contribution in [-0.2, 0) is 0 Å². The average molecular weight is 305 g/mol. The van der Waals surface area contributed by atoms with Crippen LogP contribution in [0.15, 0.2) is 78.0 Å². The van der Waals surface area contributed by atoms with E-state index in [4.69, 9.17) is 4.74 Å². The maximum Gasteiger partial charge on any atom is 0.277 e. The van der Waals surface area contributed by atoms with Crippen molar-refractivity contribution < 1.29 is 9.53 Å². The molecule has 0 unspecified atom stereocenters. The van der Waals surface area contributed by atoms with Gasteiger partial charge in [0.15, 0.2) is 0 Å². The van der Waals surface area contributed by atoms with Gasteiger partial charge in [0.05, 0.1) is 24.4 Å². The number of carbonyl (C=O) groups is 1. The van der Waals surface area contributed by atoms with Gasteiger partial charge >= 0.3 is 0 Å². The van der Waals surface area contributed by atoms with Crippen molar-refractivity contribution >= 4 is 5.91 Å². The zero-order valence-corrected chi connectivity index (χ0v) is 12.6. The summed E-state index contributed by atoms with van der Waals surface area (Å²) < 4.78 is 6.83. The number of aromatic nitrogens is 2. The summed E-state index contributed by atoms with van der Waals surface area (Å²) in [7, 11) is 1.56. The highest BCUT2D eigenvalue weighted by atomic mass is 16.5. The van der Waals surface area contributed by atoms with Crippen molar-refractivity contribution in [2.45, 2.75) is 0 Å². The molecule has 1 amide bonds. The van der Waals surface area contributed by atoms with Crippen LogP contribution in [0.3, 0.4) is 0 Å². The van der Waals surface area contributed by atoms with E-state index in [0.29, 0.717) is 16.7 Å². The van der Waals surface area contributed by atoms with Crippen LogP contribution in [0.25, 0.3) is 5.69 Å². The molecule has 0 saturated heterocycles. The number of benzene rings is 2. The van der Waals surface area contributed by atoms with Crippen molar-refractivity contribution in [1.29, 1.82) is 0 Å². The molecule has 0 fully saturated rings. The smallest absolute Gasteiger partial charge is 0.277 e. The second-order valence-electron chi connectivity index (χ2n) is 4.81. The van der Waals surface area contributed by atoms with E-state index in [0.717, 1.165) is 5.69 Å². The van der Waals surface area contributed by atoms with E-state index >= 15 is 0 Å². The Kier molecular flexibility index (Phi) is 4.29. The Hall–Kier alpha value is -3.21. The van der Waals surface area contributed by atoms with Crippen LogP contribution in [-0.4, -0.2) is 22.8 Å². The molecule has 2 aromatic carbocycles. The molecule has 0 spiro atoms. The highest BCUT2D eigenvalue weighted by Crippen LogP contribution is 2.13. The first kappa shape index (κ1) is 14.7. The summed E-state index contributed by atoms with van der Waals surface area (Å²) in [6.45, 7) is 0. The minimum atomic E-state index is -0.330. The number of nitrogens with zero attached hydrogens (tertiary/aromatic N) is 3. The Balaban J connectivity index is 1.86. The lowest BCUT2D eigenvalue weighted by molar-refractivity contribution is 0.0998. The maximum absolute atomic E-state index is 12.2. The SMILES string of the molecule is COc1cccc(C(=O)N=c2ccn(-c3ccccc3)nc2)c1. The molecule has 23 heavy (non-hydrogen) atoms. The number of hydrogen-bond donors (Lipinski definition) is 0. The molecule has 3 rings (SSSR count). The van der Waals surface area contributed by atoms with E-state index in [2.05, 4.69) is 10.1 Å². The molecular weight excluding hydrogens is 290 g/mol. The molecule has 0 aliphatic rings. The van der Waals surface area contributed by atoms with E-state index in [1.165, 1.54) is 0 Å². The Bertz CT molecular complexity index is 866. The van der Waals surface area contributed by atoms with Crippen LogP contribution < -0.4 is 10.1 Å². The number of amides is 1. The van der Waals surface area contributed by atoms with Crippen LogP contribution >= 0.6 is 0 Å². The van der Waals surface area contributed by atoms with E-state index < -0.39 is 0 Å². The van der Waals surface area contributed by atoms with Crippen molar-refractivity contribution in [2.24, 2.45) is 4.99 Å². The number of carbonyl (C=O) groups excluding carboxylic acids is 1. The van der Waals surface area contributed by atoms with Crippen LogP contribution in [0.2, 0.25) is 0 Å². The standard InChI is InChI=1S/C18H15N3O2/c1-23-17-9-5-6-14(12-17)18(22)20-15-10-11-21(19-13-15)16-7-3-2-4-8-16/h2-13H,1H3. The second-order valence-corrected chi connectivity index (χ2v) is 4.81. The van der Waals surface area contributed by atoms with E-state index in [1.54, 1.807) is 54.5 Å². The van der Waals surface area contributed by atoms with Gasteiger partial charge in [0, 0.05) is 11.8 Å². The summed E-state index contributed by atoms with van der Waals surface area (Å²) in [6.07, 6.45) is 3.33. The predicted octanol–water partition coefficient (Wildman–Crippen LogP) is 2.62. The normalized spacial score (nSPS) is 11.3. The first-order chi connectivity index (χ1) is 11.3. The zero-order valence-electron chi connectivity index (χ0n) is 12.6. The molecule has 0 saturated carbocycles. The first-order valence-electron chi connectivity index (χ1n) is 7.10. The Morgan fingerprint density at radius 2 is 1.91 bits per heavy atom. The quantitative estimate of drug-likeness (QED) is 0.747. The molecule has 1 heterocycles. The van der Waals surface area contributed by atoms with Crippen LogP contribution in [0.5, 0.6) is 5.75 Å². The third-order valence-corrected chi connectivity index (χ3v) is 3.27. The van der Waals surface area contributed by atoms with Crippen molar-refractivity contribution in [3.63, 3.8) is 0 Å². The summed E-state index contributed by atoms with van der Waals surface area (Å²) in [5, 5.41) is 4.78. The molecule has 1 aromatic heterocycles. The van der Waals surface area contributed by atoms with Crippen LogP contribution in [0.4, 0.5) is 0 Å². The monoisotopic (exact) mass is 305 g/mol. The Labute approximate surface area is 133 Å². The number of ether oxygens (including phenoxy) is 1. The van der Waals surface area contributed by atoms with Gasteiger partial charge in [0.25, 0.3) is 5.91 Å². The predicted molar refractivity (Wildman–Crippen MR) is 86.5 cm³/mol. The number of rotatable bonds is 3. The average Bonchev–Trinajstić information content (AvgIpc) is 2.63. The largest absolute Gasteiger partial charge is 0.497 e.